The highest BCUT2D eigenvalue weighted by Gasteiger charge is 2.16. The molecule has 96 valence electrons. The molecule has 2 N–H and O–H groups in total. The Hall–Kier alpha value is -1.09. The molecule has 0 radical (unpaired) electrons. The van der Waals surface area contributed by atoms with Crippen molar-refractivity contribution >= 4 is 5.69 Å². The van der Waals surface area contributed by atoms with Crippen LogP contribution in [0.15, 0.2) is 18.2 Å². The van der Waals surface area contributed by atoms with Crippen molar-refractivity contribution in [2.45, 2.75) is 39.7 Å². The van der Waals surface area contributed by atoms with Crippen molar-refractivity contribution in [2.24, 2.45) is 5.73 Å². The lowest BCUT2D eigenvalue weighted by Crippen LogP contribution is -2.27. The van der Waals surface area contributed by atoms with E-state index in [9.17, 15) is 4.39 Å². The third-order valence-electron chi connectivity index (χ3n) is 2.99. The molecule has 0 aliphatic heterocycles. The van der Waals surface area contributed by atoms with Crippen LogP contribution in [0.1, 0.15) is 45.2 Å². The highest BCUT2D eigenvalue weighted by atomic mass is 19.1. The molecule has 2 nitrogen and oxygen atoms in total. The maximum absolute atomic E-state index is 14.0. The summed E-state index contributed by atoms with van der Waals surface area (Å²) in [6.07, 6.45) is 2.18. The van der Waals surface area contributed by atoms with Gasteiger partial charge in [-0.05, 0) is 31.9 Å². The predicted octanol–water partition coefficient (Wildman–Crippen LogP) is 3.47. The van der Waals surface area contributed by atoms with E-state index in [0.29, 0.717) is 5.69 Å². The van der Waals surface area contributed by atoms with Gasteiger partial charge in [0.2, 0.25) is 0 Å². The monoisotopic (exact) mass is 238 g/mol. The van der Waals surface area contributed by atoms with Gasteiger partial charge in [0.25, 0.3) is 0 Å². The van der Waals surface area contributed by atoms with E-state index >= 15 is 0 Å². The van der Waals surface area contributed by atoms with E-state index in [2.05, 4.69) is 11.8 Å². The average molecular weight is 238 g/mol. The quantitative estimate of drug-likeness (QED) is 0.822. The molecular weight excluding hydrogens is 215 g/mol. The topological polar surface area (TPSA) is 29.3 Å². The molecule has 1 unspecified atom stereocenters. The first-order valence-corrected chi connectivity index (χ1v) is 6.40. The maximum Gasteiger partial charge on any atom is 0.146 e. The zero-order valence-corrected chi connectivity index (χ0v) is 11.0. The number of rotatable bonds is 6. The highest BCUT2D eigenvalue weighted by Crippen LogP contribution is 2.28. The van der Waals surface area contributed by atoms with Crippen LogP contribution >= 0.6 is 0 Å². The Kier molecular flexibility index (Phi) is 5.42. The van der Waals surface area contributed by atoms with Gasteiger partial charge in [-0.2, -0.15) is 0 Å². The molecule has 0 saturated carbocycles. The van der Waals surface area contributed by atoms with Crippen molar-refractivity contribution in [3.05, 3.63) is 29.6 Å². The number of hydrogen-bond donors (Lipinski definition) is 1. The SMILES string of the molecule is CCCCN(CC)c1c(F)cccc1C(C)N. The van der Waals surface area contributed by atoms with Gasteiger partial charge in [0, 0.05) is 19.1 Å². The van der Waals surface area contributed by atoms with E-state index in [0.717, 1.165) is 31.5 Å². The van der Waals surface area contributed by atoms with Crippen LogP contribution in [0.5, 0.6) is 0 Å². The molecule has 0 bridgehead atoms. The van der Waals surface area contributed by atoms with Crippen LogP contribution in [0.2, 0.25) is 0 Å². The normalized spacial score (nSPS) is 12.5. The Labute approximate surface area is 104 Å². The fraction of sp³-hybridized carbons (Fsp3) is 0.571. The number of unbranched alkanes of at least 4 members (excludes halogenated alkanes) is 1. The number of nitrogens with zero attached hydrogens (tertiary/aromatic N) is 1. The van der Waals surface area contributed by atoms with E-state index in [4.69, 9.17) is 5.73 Å². The van der Waals surface area contributed by atoms with Crippen LogP contribution in [0, 0.1) is 5.82 Å². The second kappa shape index (κ2) is 6.60. The number of nitrogens with two attached hydrogens (primary N) is 1. The lowest BCUT2D eigenvalue weighted by atomic mass is 10.0. The van der Waals surface area contributed by atoms with E-state index in [1.165, 1.54) is 6.07 Å². The molecule has 17 heavy (non-hydrogen) atoms. The van der Waals surface area contributed by atoms with Crippen molar-refractivity contribution in [2.75, 3.05) is 18.0 Å². The van der Waals surface area contributed by atoms with Crippen molar-refractivity contribution < 1.29 is 4.39 Å². The first-order valence-electron chi connectivity index (χ1n) is 6.40. The summed E-state index contributed by atoms with van der Waals surface area (Å²) in [6, 6.07) is 5.01. The fourth-order valence-electron chi connectivity index (χ4n) is 2.01. The van der Waals surface area contributed by atoms with Crippen LogP contribution in [-0.4, -0.2) is 13.1 Å². The second-order valence-electron chi connectivity index (χ2n) is 4.40. The smallest absolute Gasteiger partial charge is 0.146 e. The first-order chi connectivity index (χ1) is 8.11. The zero-order valence-electron chi connectivity index (χ0n) is 11.0. The summed E-state index contributed by atoms with van der Waals surface area (Å²) in [5.41, 5.74) is 7.48. The summed E-state index contributed by atoms with van der Waals surface area (Å²) < 4.78 is 14.0. The van der Waals surface area contributed by atoms with E-state index in [1.54, 1.807) is 6.07 Å². The maximum atomic E-state index is 14.0. The van der Waals surface area contributed by atoms with Gasteiger partial charge < -0.3 is 10.6 Å². The average Bonchev–Trinajstić information content (AvgIpc) is 2.31. The van der Waals surface area contributed by atoms with Crippen molar-refractivity contribution in [3.63, 3.8) is 0 Å². The van der Waals surface area contributed by atoms with Crippen LogP contribution in [-0.2, 0) is 0 Å². The number of anilines is 1. The van der Waals surface area contributed by atoms with Gasteiger partial charge in [0.1, 0.15) is 5.82 Å². The third kappa shape index (κ3) is 3.43. The molecule has 1 atom stereocenters. The predicted molar refractivity (Wildman–Crippen MR) is 71.8 cm³/mol. The Morgan fingerprint density at radius 2 is 2.06 bits per heavy atom. The Morgan fingerprint density at radius 3 is 2.59 bits per heavy atom. The first kappa shape index (κ1) is 14.0. The zero-order chi connectivity index (χ0) is 12.8. The summed E-state index contributed by atoms with van der Waals surface area (Å²) >= 11 is 0. The Bertz CT molecular complexity index is 350. The molecular formula is C14H23FN2. The van der Waals surface area contributed by atoms with Gasteiger partial charge in [-0.15, -0.1) is 0 Å². The molecule has 0 saturated heterocycles. The minimum Gasteiger partial charge on any atom is -0.369 e. The number of hydrogen-bond acceptors (Lipinski definition) is 2. The van der Waals surface area contributed by atoms with Crippen LogP contribution in [0.3, 0.4) is 0 Å². The number of para-hydroxylation sites is 1. The lowest BCUT2D eigenvalue weighted by molar-refractivity contribution is 0.607. The molecule has 0 fully saturated rings. The summed E-state index contributed by atoms with van der Waals surface area (Å²) in [5.74, 6) is -0.169. The summed E-state index contributed by atoms with van der Waals surface area (Å²) in [4.78, 5) is 2.08. The van der Waals surface area contributed by atoms with Crippen molar-refractivity contribution in [1.29, 1.82) is 0 Å². The molecule has 0 aliphatic carbocycles. The standard InChI is InChI=1S/C14H23FN2/c1-4-6-10-17(5-2)14-12(11(3)16)8-7-9-13(14)15/h7-9,11H,4-6,10,16H2,1-3H3. The minimum absolute atomic E-state index is 0.142. The molecule has 0 amide bonds. The van der Waals surface area contributed by atoms with E-state index < -0.39 is 0 Å². The summed E-state index contributed by atoms with van der Waals surface area (Å²) in [6.45, 7) is 7.77. The molecule has 1 rings (SSSR count). The van der Waals surface area contributed by atoms with Gasteiger partial charge in [-0.1, -0.05) is 25.5 Å². The molecule has 1 aromatic carbocycles. The second-order valence-corrected chi connectivity index (χ2v) is 4.40. The van der Waals surface area contributed by atoms with Gasteiger partial charge in [0.15, 0.2) is 0 Å². The van der Waals surface area contributed by atoms with E-state index in [-0.39, 0.29) is 11.9 Å². The molecule has 0 aliphatic rings. The Morgan fingerprint density at radius 1 is 1.35 bits per heavy atom. The fourth-order valence-corrected chi connectivity index (χ4v) is 2.01. The number of halogens is 1. The van der Waals surface area contributed by atoms with Crippen molar-refractivity contribution in [3.8, 4) is 0 Å². The van der Waals surface area contributed by atoms with Crippen molar-refractivity contribution in [1.82, 2.24) is 0 Å². The molecule has 3 heteroatoms. The highest BCUT2D eigenvalue weighted by molar-refractivity contribution is 5.56. The third-order valence-corrected chi connectivity index (χ3v) is 2.99. The molecule has 0 spiro atoms. The minimum atomic E-state index is -0.169. The van der Waals surface area contributed by atoms with E-state index in [1.807, 2.05) is 19.9 Å². The molecule has 0 aromatic heterocycles. The van der Waals surface area contributed by atoms with Gasteiger partial charge in [-0.25, -0.2) is 4.39 Å². The summed E-state index contributed by atoms with van der Waals surface area (Å²) in [5, 5.41) is 0. The van der Waals surface area contributed by atoms with Gasteiger partial charge in [-0.3, -0.25) is 0 Å². The molecule has 1 aromatic rings. The van der Waals surface area contributed by atoms with Crippen LogP contribution in [0.4, 0.5) is 10.1 Å². The van der Waals surface area contributed by atoms with Gasteiger partial charge >= 0.3 is 0 Å². The van der Waals surface area contributed by atoms with Gasteiger partial charge in [0.05, 0.1) is 5.69 Å². The molecule has 0 heterocycles. The largest absolute Gasteiger partial charge is 0.369 e. The van der Waals surface area contributed by atoms with Crippen LogP contribution in [0.25, 0.3) is 0 Å². The summed E-state index contributed by atoms with van der Waals surface area (Å²) in [7, 11) is 0. The number of benzene rings is 1. The Balaban J connectivity index is 3.07. The van der Waals surface area contributed by atoms with Crippen LogP contribution < -0.4 is 10.6 Å². The lowest BCUT2D eigenvalue weighted by Gasteiger charge is -2.27.